The second-order valence-corrected chi connectivity index (χ2v) is 4.85. The molecule has 0 aliphatic heterocycles. The van der Waals surface area contributed by atoms with Crippen LogP contribution in [0.1, 0.15) is 0 Å². The molecule has 0 unspecified atom stereocenters. The Bertz CT molecular complexity index is 762. The fraction of sp³-hybridized carbons (Fsp3) is 0. The van der Waals surface area contributed by atoms with Crippen LogP contribution in [0.15, 0.2) is 63.9 Å². The number of hydrogen-bond donors (Lipinski definition) is 1. The number of aromatic amines is 1. The monoisotopic (exact) mass is 299 g/mol. The van der Waals surface area contributed by atoms with Crippen LogP contribution < -0.4 is 5.43 Å². The van der Waals surface area contributed by atoms with Crippen molar-refractivity contribution in [1.82, 2.24) is 4.98 Å². The Morgan fingerprint density at radius 3 is 2.33 bits per heavy atom. The smallest absolute Gasteiger partial charge is 0.204 e. The molecular weight excluding hydrogens is 290 g/mol. The van der Waals surface area contributed by atoms with Crippen LogP contribution in [0, 0.1) is 0 Å². The Kier molecular flexibility index (Phi) is 2.76. The highest BCUT2D eigenvalue weighted by Gasteiger charge is 2.10. The van der Waals surface area contributed by atoms with E-state index in [9.17, 15) is 4.79 Å². The predicted octanol–water partition coefficient (Wildman–Crippen LogP) is 3.96. The molecule has 0 saturated carbocycles. The molecule has 2 nitrogen and oxygen atoms in total. The van der Waals surface area contributed by atoms with Gasteiger partial charge in [-0.1, -0.05) is 42.5 Å². The summed E-state index contributed by atoms with van der Waals surface area (Å²) < 4.78 is 0.576. The summed E-state index contributed by atoms with van der Waals surface area (Å²) in [5, 5.41) is 0.698. The maximum absolute atomic E-state index is 12.3. The van der Waals surface area contributed by atoms with Crippen LogP contribution in [-0.4, -0.2) is 4.98 Å². The maximum Gasteiger partial charge on any atom is 0.204 e. The third-order valence-corrected chi connectivity index (χ3v) is 3.67. The minimum absolute atomic E-state index is 0.0169. The quantitative estimate of drug-likeness (QED) is 0.725. The minimum atomic E-state index is 0.0169. The molecule has 1 aromatic heterocycles. The van der Waals surface area contributed by atoms with Crippen LogP contribution in [0.3, 0.4) is 0 Å². The highest BCUT2D eigenvalue weighted by Crippen LogP contribution is 2.25. The first kappa shape index (κ1) is 11.2. The fourth-order valence-corrected chi connectivity index (χ4v) is 2.56. The molecule has 0 amide bonds. The Hall–Kier alpha value is -1.87. The lowest BCUT2D eigenvalue weighted by atomic mass is 10.1. The van der Waals surface area contributed by atoms with E-state index in [-0.39, 0.29) is 5.43 Å². The van der Waals surface area contributed by atoms with E-state index < -0.39 is 0 Å². The molecule has 0 aliphatic rings. The average Bonchev–Trinajstić information content (AvgIpc) is 2.44. The Morgan fingerprint density at radius 2 is 1.56 bits per heavy atom. The van der Waals surface area contributed by atoms with E-state index in [1.54, 1.807) is 0 Å². The summed E-state index contributed by atoms with van der Waals surface area (Å²) in [6.45, 7) is 0. The van der Waals surface area contributed by atoms with Crippen molar-refractivity contribution < 1.29 is 0 Å². The average molecular weight is 300 g/mol. The van der Waals surface area contributed by atoms with Gasteiger partial charge in [-0.3, -0.25) is 4.79 Å². The molecule has 0 atom stereocenters. The van der Waals surface area contributed by atoms with Crippen molar-refractivity contribution in [2.75, 3.05) is 0 Å². The number of rotatable bonds is 1. The largest absolute Gasteiger partial charge is 0.353 e. The van der Waals surface area contributed by atoms with Crippen molar-refractivity contribution in [2.24, 2.45) is 0 Å². The highest BCUT2D eigenvalue weighted by atomic mass is 79.9. The van der Waals surface area contributed by atoms with Crippen LogP contribution >= 0.6 is 15.9 Å². The summed E-state index contributed by atoms with van der Waals surface area (Å²) in [5.74, 6) is 0. The second-order valence-electron chi connectivity index (χ2n) is 4.05. The molecule has 3 heteroatoms. The number of benzene rings is 2. The molecule has 88 valence electrons. The first-order valence-electron chi connectivity index (χ1n) is 5.63. The van der Waals surface area contributed by atoms with Gasteiger partial charge in [0.2, 0.25) is 5.43 Å². The van der Waals surface area contributed by atoms with Crippen LogP contribution in [0.5, 0.6) is 0 Å². The minimum Gasteiger partial charge on any atom is -0.353 e. The van der Waals surface area contributed by atoms with Gasteiger partial charge in [-0.25, -0.2) is 0 Å². The van der Waals surface area contributed by atoms with Gasteiger partial charge >= 0.3 is 0 Å². The number of para-hydroxylation sites is 1. The van der Waals surface area contributed by atoms with Gasteiger partial charge in [0, 0.05) is 10.9 Å². The summed E-state index contributed by atoms with van der Waals surface area (Å²) in [5.41, 5.74) is 2.68. The topological polar surface area (TPSA) is 32.9 Å². The van der Waals surface area contributed by atoms with E-state index >= 15 is 0 Å². The number of hydrogen-bond acceptors (Lipinski definition) is 1. The van der Waals surface area contributed by atoms with Gasteiger partial charge < -0.3 is 4.98 Å². The Labute approximate surface area is 112 Å². The number of halogens is 1. The number of aromatic nitrogens is 1. The van der Waals surface area contributed by atoms with E-state index in [1.165, 1.54) is 0 Å². The molecule has 3 rings (SSSR count). The maximum atomic E-state index is 12.3. The molecular formula is C15H10BrNO. The summed E-state index contributed by atoms with van der Waals surface area (Å²) in [6, 6.07) is 17.3. The van der Waals surface area contributed by atoms with Gasteiger partial charge in [-0.05, 0) is 33.6 Å². The number of fused-ring (bicyclic) bond motifs is 1. The Morgan fingerprint density at radius 1 is 0.889 bits per heavy atom. The molecule has 2 aromatic carbocycles. The molecule has 0 fully saturated rings. The fourth-order valence-electron chi connectivity index (χ4n) is 2.02. The molecule has 18 heavy (non-hydrogen) atoms. The van der Waals surface area contributed by atoms with Crippen LogP contribution in [0.4, 0.5) is 0 Å². The zero-order chi connectivity index (χ0) is 12.5. The van der Waals surface area contributed by atoms with Crippen molar-refractivity contribution in [1.29, 1.82) is 0 Å². The third kappa shape index (κ3) is 1.77. The van der Waals surface area contributed by atoms with Gasteiger partial charge in [-0.2, -0.15) is 0 Å². The summed E-state index contributed by atoms with van der Waals surface area (Å²) in [4.78, 5) is 15.6. The zero-order valence-electron chi connectivity index (χ0n) is 9.48. The third-order valence-electron chi connectivity index (χ3n) is 2.91. The lowest BCUT2D eigenvalue weighted by Crippen LogP contribution is -2.06. The number of H-pyrrole nitrogens is 1. The van der Waals surface area contributed by atoms with Crippen molar-refractivity contribution in [3.05, 3.63) is 69.3 Å². The number of pyridine rings is 1. The summed E-state index contributed by atoms with van der Waals surface area (Å²) >= 11 is 3.39. The van der Waals surface area contributed by atoms with Crippen molar-refractivity contribution in [3.63, 3.8) is 0 Å². The predicted molar refractivity (Wildman–Crippen MR) is 77.7 cm³/mol. The van der Waals surface area contributed by atoms with Gasteiger partial charge in [0.1, 0.15) is 0 Å². The summed E-state index contributed by atoms with van der Waals surface area (Å²) in [6.07, 6.45) is 0. The van der Waals surface area contributed by atoms with E-state index in [0.29, 0.717) is 9.86 Å². The van der Waals surface area contributed by atoms with Gasteiger partial charge in [0.05, 0.1) is 10.2 Å². The molecule has 0 saturated heterocycles. The van der Waals surface area contributed by atoms with Crippen LogP contribution in [-0.2, 0) is 0 Å². The standard InChI is InChI=1S/C15H10BrNO/c16-13-14(10-6-2-1-3-7-10)17-12-9-5-4-8-11(12)15(13)18/h1-9H,(H,17,18). The highest BCUT2D eigenvalue weighted by molar-refractivity contribution is 9.10. The van der Waals surface area contributed by atoms with Gasteiger partial charge in [0.25, 0.3) is 0 Å². The molecule has 0 radical (unpaired) electrons. The van der Waals surface area contributed by atoms with Crippen LogP contribution in [0.2, 0.25) is 0 Å². The molecule has 1 N–H and O–H groups in total. The van der Waals surface area contributed by atoms with E-state index in [1.807, 2.05) is 54.6 Å². The van der Waals surface area contributed by atoms with Crippen LogP contribution in [0.25, 0.3) is 22.2 Å². The first-order chi connectivity index (χ1) is 8.77. The first-order valence-corrected chi connectivity index (χ1v) is 6.42. The van der Waals surface area contributed by atoms with E-state index in [2.05, 4.69) is 20.9 Å². The van der Waals surface area contributed by atoms with E-state index in [4.69, 9.17) is 0 Å². The van der Waals surface area contributed by atoms with Crippen molar-refractivity contribution in [2.45, 2.75) is 0 Å². The SMILES string of the molecule is O=c1c(Br)c(-c2ccccc2)[nH]c2ccccc12. The van der Waals surface area contributed by atoms with Gasteiger partial charge in [0.15, 0.2) is 0 Å². The molecule has 3 aromatic rings. The molecule has 1 heterocycles. The molecule has 0 bridgehead atoms. The number of nitrogens with one attached hydrogen (secondary N) is 1. The molecule has 0 spiro atoms. The van der Waals surface area contributed by atoms with E-state index in [0.717, 1.165) is 16.8 Å². The van der Waals surface area contributed by atoms with Crippen molar-refractivity contribution >= 4 is 26.8 Å². The lowest BCUT2D eigenvalue weighted by Gasteiger charge is -2.07. The lowest BCUT2D eigenvalue weighted by molar-refractivity contribution is 1.35. The second kappa shape index (κ2) is 4.42. The van der Waals surface area contributed by atoms with Crippen molar-refractivity contribution in [3.8, 4) is 11.3 Å². The van der Waals surface area contributed by atoms with Gasteiger partial charge in [-0.15, -0.1) is 0 Å². The normalized spacial score (nSPS) is 10.7. The Balaban J connectivity index is 2.38. The summed E-state index contributed by atoms with van der Waals surface area (Å²) in [7, 11) is 0. The zero-order valence-corrected chi connectivity index (χ0v) is 11.1. The molecule has 0 aliphatic carbocycles.